The standard InChI is InChI=1S/C37H49N2O8P/c1-3-28-22-37(28,48(43,44)46-4-2)23-33(40)32-20-29-24-39(32)36(42)31(26-12-8-5-9-13-26)21-34(41)45-18-10-6-7-11-25-14-15-27-16-17-38-35(47-29)30(27)19-25/h3,14-17,19,26,28-29,31-32H,1,4-13,18,20-24H2,2H3,(H,43,44)/t28?,29-,31+,32+,37?/m1/s1. The lowest BCUT2D eigenvalue weighted by Crippen LogP contribution is -2.47. The highest BCUT2D eigenvalue weighted by Crippen LogP contribution is 2.73. The van der Waals surface area contributed by atoms with E-state index in [1.54, 1.807) is 24.1 Å². The van der Waals surface area contributed by atoms with Crippen molar-refractivity contribution >= 4 is 36.0 Å². The molecule has 2 aromatic rings. The quantitative estimate of drug-likeness (QED) is 0.187. The number of nitrogens with zero attached hydrogens (tertiary/aromatic N) is 2. The summed E-state index contributed by atoms with van der Waals surface area (Å²) >= 11 is 0. The van der Waals surface area contributed by atoms with Crippen LogP contribution in [0.5, 0.6) is 5.88 Å². The summed E-state index contributed by atoms with van der Waals surface area (Å²) in [6, 6.07) is 7.31. The summed E-state index contributed by atoms with van der Waals surface area (Å²) in [6.45, 7) is 5.97. The highest BCUT2D eigenvalue weighted by atomic mass is 31.2. The van der Waals surface area contributed by atoms with Gasteiger partial charge in [-0.2, -0.15) is 0 Å². The third kappa shape index (κ3) is 7.26. The summed E-state index contributed by atoms with van der Waals surface area (Å²) in [5.41, 5.74) is 1.15. The lowest BCUT2D eigenvalue weighted by Gasteiger charge is -2.34. The first-order valence-corrected chi connectivity index (χ1v) is 19.4. The van der Waals surface area contributed by atoms with E-state index in [1.165, 1.54) is 0 Å². The van der Waals surface area contributed by atoms with Gasteiger partial charge >= 0.3 is 13.6 Å². The molecule has 10 nitrogen and oxygen atoms in total. The molecule has 3 fully saturated rings. The molecule has 1 N–H and O–H groups in total. The summed E-state index contributed by atoms with van der Waals surface area (Å²) < 4.78 is 30.9. The highest BCUT2D eigenvalue weighted by Gasteiger charge is 2.66. The number of benzene rings is 1. The van der Waals surface area contributed by atoms with Crippen LogP contribution in [0.15, 0.2) is 43.1 Å². The van der Waals surface area contributed by atoms with Crippen molar-refractivity contribution in [1.82, 2.24) is 9.88 Å². The molecule has 3 heterocycles. The fraction of sp³-hybridized carbons (Fsp3) is 0.622. The topological polar surface area (TPSA) is 132 Å². The Morgan fingerprint density at radius 2 is 1.96 bits per heavy atom. The number of aromatic nitrogens is 1. The van der Waals surface area contributed by atoms with Crippen LogP contribution in [-0.2, 0) is 34.6 Å². The third-order valence-electron chi connectivity index (χ3n) is 11.0. The van der Waals surface area contributed by atoms with Gasteiger partial charge in [-0.15, -0.1) is 6.58 Å². The van der Waals surface area contributed by atoms with Crippen molar-refractivity contribution in [1.29, 1.82) is 0 Å². The molecule has 0 radical (unpaired) electrons. The van der Waals surface area contributed by atoms with E-state index in [1.807, 2.05) is 6.07 Å². The number of carbonyl (C=O) groups is 3. The monoisotopic (exact) mass is 680 g/mol. The van der Waals surface area contributed by atoms with Crippen molar-refractivity contribution in [3.05, 3.63) is 48.7 Å². The number of rotatable bonds is 8. The Bertz CT molecular complexity index is 1570. The number of amides is 1. The number of pyridine rings is 1. The molecule has 1 amide bonds. The van der Waals surface area contributed by atoms with Crippen LogP contribution in [0.25, 0.3) is 10.8 Å². The fourth-order valence-corrected chi connectivity index (χ4v) is 10.2. The third-order valence-corrected chi connectivity index (χ3v) is 13.4. The predicted octanol–water partition coefficient (Wildman–Crippen LogP) is 6.57. The molecule has 0 spiro atoms. The zero-order chi connectivity index (χ0) is 33.9. The van der Waals surface area contributed by atoms with E-state index in [-0.39, 0.29) is 61.9 Å². The average Bonchev–Trinajstić information content (AvgIpc) is 3.65. The van der Waals surface area contributed by atoms with Gasteiger partial charge in [0.2, 0.25) is 11.8 Å². The Morgan fingerprint density at radius 3 is 2.71 bits per heavy atom. The van der Waals surface area contributed by atoms with E-state index in [9.17, 15) is 23.8 Å². The lowest BCUT2D eigenvalue weighted by atomic mass is 9.77. The maximum absolute atomic E-state index is 14.6. The second kappa shape index (κ2) is 14.8. The van der Waals surface area contributed by atoms with E-state index in [0.717, 1.165) is 74.1 Å². The minimum absolute atomic E-state index is 0.00815. The Hall–Kier alpha value is -3.07. The number of carbonyl (C=O) groups excluding carboxylic acids is 3. The second-order valence-electron chi connectivity index (χ2n) is 14.1. The van der Waals surface area contributed by atoms with E-state index in [0.29, 0.717) is 18.9 Å². The van der Waals surface area contributed by atoms with E-state index in [2.05, 4.69) is 29.8 Å². The van der Waals surface area contributed by atoms with Gasteiger partial charge in [-0.25, -0.2) is 4.98 Å². The van der Waals surface area contributed by atoms with Crippen LogP contribution < -0.4 is 4.74 Å². The second-order valence-corrected chi connectivity index (χ2v) is 16.3. The molecule has 1 saturated heterocycles. The van der Waals surface area contributed by atoms with Gasteiger partial charge in [-0.1, -0.05) is 37.5 Å². The van der Waals surface area contributed by atoms with Crippen molar-refractivity contribution in [3.63, 3.8) is 0 Å². The van der Waals surface area contributed by atoms with Gasteiger partial charge in [-0.05, 0) is 86.8 Å². The molecule has 4 bridgehead atoms. The molecule has 11 heteroatoms. The molecule has 2 aliphatic heterocycles. The van der Waals surface area contributed by atoms with Crippen molar-refractivity contribution in [2.45, 2.75) is 108 Å². The summed E-state index contributed by atoms with van der Waals surface area (Å²) in [5, 5.41) is 0.602. The zero-order valence-corrected chi connectivity index (χ0v) is 28.9. The van der Waals surface area contributed by atoms with Crippen LogP contribution >= 0.6 is 7.60 Å². The molecule has 1 aromatic heterocycles. The minimum atomic E-state index is -4.16. The Labute approximate surface area is 283 Å². The summed E-state index contributed by atoms with van der Waals surface area (Å²) in [4.78, 5) is 59.3. The molecule has 2 saturated carbocycles. The molecule has 2 aliphatic carbocycles. The van der Waals surface area contributed by atoms with Gasteiger partial charge in [0.25, 0.3) is 0 Å². The van der Waals surface area contributed by atoms with Gasteiger partial charge in [-0.3, -0.25) is 18.9 Å². The zero-order valence-electron chi connectivity index (χ0n) is 28.0. The van der Waals surface area contributed by atoms with Crippen LogP contribution in [0.1, 0.15) is 89.5 Å². The van der Waals surface area contributed by atoms with Gasteiger partial charge in [0.05, 0.1) is 43.3 Å². The number of fused-ring (bicyclic) bond motifs is 3. The average molecular weight is 681 g/mol. The number of esters is 1. The number of cyclic esters (lactones) is 1. The number of ketones is 1. The van der Waals surface area contributed by atoms with Crippen LogP contribution in [-0.4, -0.2) is 69.5 Å². The lowest BCUT2D eigenvalue weighted by molar-refractivity contribution is -0.152. The van der Waals surface area contributed by atoms with Crippen LogP contribution in [0.3, 0.4) is 0 Å². The van der Waals surface area contributed by atoms with Gasteiger partial charge in [0.15, 0.2) is 5.78 Å². The van der Waals surface area contributed by atoms with E-state index in [4.69, 9.17) is 14.0 Å². The Kier molecular flexibility index (Phi) is 10.7. The van der Waals surface area contributed by atoms with Crippen LogP contribution in [0.4, 0.5) is 0 Å². The number of allylic oxidation sites excluding steroid dienone is 1. The summed E-state index contributed by atoms with van der Waals surface area (Å²) in [5.74, 6) is -1.45. The van der Waals surface area contributed by atoms with Gasteiger partial charge in [0, 0.05) is 24.4 Å². The molecule has 3 unspecified atom stereocenters. The number of ether oxygens (including phenoxy) is 2. The molecule has 6 atom stereocenters. The first-order chi connectivity index (χ1) is 23.2. The molecule has 1 aromatic carbocycles. The van der Waals surface area contributed by atoms with E-state index < -0.39 is 30.8 Å². The first kappa shape index (κ1) is 34.8. The van der Waals surface area contributed by atoms with Crippen molar-refractivity contribution in [2.75, 3.05) is 19.8 Å². The van der Waals surface area contributed by atoms with Crippen molar-refractivity contribution in [2.24, 2.45) is 17.8 Å². The van der Waals surface area contributed by atoms with Gasteiger partial charge in [0.1, 0.15) is 6.10 Å². The molecule has 48 heavy (non-hydrogen) atoms. The fourth-order valence-electron chi connectivity index (χ4n) is 8.24. The van der Waals surface area contributed by atoms with Gasteiger partial charge < -0.3 is 23.8 Å². The van der Waals surface area contributed by atoms with Crippen LogP contribution in [0, 0.1) is 17.8 Å². The smallest absolute Gasteiger partial charge is 0.335 e. The minimum Gasteiger partial charge on any atom is -0.472 e. The normalized spacial score (nSPS) is 30.2. The van der Waals surface area contributed by atoms with Crippen molar-refractivity contribution < 1.29 is 37.8 Å². The Balaban J connectivity index is 1.35. The molecule has 4 aliphatic rings. The maximum Gasteiger partial charge on any atom is 0.335 e. The molecule has 6 rings (SSSR count). The summed E-state index contributed by atoms with van der Waals surface area (Å²) in [7, 11) is -4.16. The number of Topliss-reactive ketones (excluding diaryl/α,β-unsaturated/α-hetero) is 1. The molecular weight excluding hydrogens is 631 g/mol. The largest absolute Gasteiger partial charge is 0.472 e. The number of aryl methyl sites for hydroxylation is 1. The first-order valence-electron chi connectivity index (χ1n) is 17.8. The van der Waals surface area contributed by atoms with E-state index >= 15 is 0 Å². The Morgan fingerprint density at radius 1 is 1.17 bits per heavy atom. The number of hydrogen-bond acceptors (Lipinski definition) is 8. The number of hydrogen-bond donors (Lipinski definition) is 1. The molecule has 260 valence electrons. The maximum atomic E-state index is 14.6. The van der Waals surface area contributed by atoms with Crippen molar-refractivity contribution in [3.8, 4) is 5.88 Å². The van der Waals surface area contributed by atoms with Crippen LogP contribution in [0.2, 0.25) is 0 Å². The predicted molar refractivity (Wildman–Crippen MR) is 182 cm³/mol. The SMILES string of the molecule is C=CC1CC1(CC(=O)[C@@H]1C[C@@H]2CN1C(=O)[C@H](C1CCCCC1)CC(=O)OCCCCCc1ccc3ccnc(c3c1)O2)P(=O)(O)OCC. The summed E-state index contributed by atoms with van der Waals surface area (Å²) in [6.07, 6.45) is 11.3. The highest BCUT2D eigenvalue weighted by molar-refractivity contribution is 7.55. The molecular formula is C37H49N2O8P.